The number of rotatable bonds is 4. The van der Waals surface area contributed by atoms with Gasteiger partial charge in [-0.05, 0) is 30.7 Å². The van der Waals surface area contributed by atoms with Gasteiger partial charge in [0.2, 0.25) is 0 Å². The molecule has 0 bridgehead atoms. The van der Waals surface area contributed by atoms with Crippen molar-refractivity contribution in [2.45, 2.75) is 18.4 Å². The van der Waals surface area contributed by atoms with E-state index in [1.807, 2.05) is 6.07 Å². The molecule has 0 fully saturated rings. The van der Waals surface area contributed by atoms with Crippen molar-refractivity contribution in [2.75, 3.05) is 18.0 Å². The summed E-state index contributed by atoms with van der Waals surface area (Å²) in [6.45, 7) is 1.11. The number of hydrogen-bond donors (Lipinski definition) is 0. The lowest BCUT2D eigenvalue weighted by atomic mass is 10.2. The van der Waals surface area contributed by atoms with Crippen LogP contribution < -0.4 is 4.90 Å². The summed E-state index contributed by atoms with van der Waals surface area (Å²) in [7, 11) is 0. The first-order valence-electron chi connectivity index (χ1n) is 5.03. The first-order valence-corrected chi connectivity index (χ1v) is 6.95. The molecule has 0 N–H and O–H groups in total. The second kappa shape index (κ2) is 6.09. The largest absolute Gasteiger partial charge is 0.405 e. The Morgan fingerprint density at radius 3 is 2.41 bits per heavy atom. The van der Waals surface area contributed by atoms with Gasteiger partial charge in [-0.2, -0.15) is 13.2 Å². The summed E-state index contributed by atoms with van der Waals surface area (Å²) in [4.78, 5) is 1.32. The minimum Gasteiger partial charge on any atom is -0.363 e. The van der Waals surface area contributed by atoms with E-state index in [4.69, 9.17) is 0 Å². The van der Waals surface area contributed by atoms with E-state index >= 15 is 0 Å². The molecule has 1 aromatic rings. The van der Waals surface area contributed by atoms with E-state index < -0.39 is 12.7 Å². The number of nitrogens with zero attached hydrogens (tertiary/aromatic N) is 1. The normalized spacial score (nSPS) is 11.6. The van der Waals surface area contributed by atoms with Gasteiger partial charge in [-0.3, -0.25) is 0 Å². The van der Waals surface area contributed by atoms with Gasteiger partial charge in [-0.15, -0.1) is 0 Å². The van der Waals surface area contributed by atoms with Gasteiger partial charge in [-0.1, -0.05) is 31.9 Å². The van der Waals surface area contributed by atoms with E-state index in [2.05, 4.69) is 31.9 Å². The first kappa shape index (κ1) is 14.8. The Morgan fingerprint density at radius 2 is 1.94 bits per heavy atom. The van der Waals surface area contributed by atoms with Crippen LogP contribution in [-0.2, 0) is 5.33 Å². The van der Waals surface area contributed by atoms with Crippen molar-refractivity contribution in [3.63, 3.8) is 0 Å². The van der Waals surface area contributed by atoms with Crippen molar-refractivity contribution in [3.05, 3.63) is 28.2 Å². The molecule has 0 aliphatic carbocycles. The second-order valence-corrected chi connectivity index (χ2v) is 5.01. The lowest BCUT2D eigenvalue weighted by Crippen LogP contribution is -2.34. The summed E-state index contributed by atoms with van der Waals surface area (Å²) in [6.07, 6.45) is -4.19. The maximum Gasteiger partial charge on any atom is 0.405 e. The van der Waals surface area contributed by atoms with Crippen LogP contribution in [-0.4, -0.2) is 19.3 Å². The molecule has 0 amide bonds. The van der Waals surface area contributed by atoms with Gasteiger partial charge < -0.3 is 4.90 Å². The monoisotopic (exact) mass is 373 g/mol. The molecule has 1 aromatic carbocycles. The highest BCUT2D eigenvalue weighted by molar-refractivity contribution is 9.10. The molecule has 0 atom stereocenters. The lowest BCUT2D eigenvalue weighted by Gasteiger charge is -2.26. The molecule has 96 valence electrons. The zero-order chi connectivity index (χ0) is 13.1. The lowest BCUT2D eigenvalue weighted by molar-refractivity contribution is -0.119. The predicted molar refractivity (Wildman–Crippen MR) is 70.7 cm³/mol. The van der Waals surface area contributed by atoms with Gasteiger partial charge in [0.25, 0.3) is 0 Å². The molecule has 0 radical (unpaired) electrons. The van der Waals surface area contributed by atoms with Crippen molar-refractivity contribution in [1.82, 2.24) is 0 Å². The maximum atomic E-state index is 12.4. The Balaban J connectivity index is 3.03. The second-order valence-electron chi connectivity index (χ2n) is 3.54. The van der Waals surface area contributed by atoms with Gasteiger partial charge >= 0.3 is 6.18 Å². The molecule has 0 saturated heterocycles. The third kappa shape index (κ3) is 4.50. The summed E-state index contributed by atoms with van der Waals surface area (Å²) in [5, 5.41) is 0.524. The zero-order valence-corrected chi connectivity index (χ0v) is 12.4. The highest BCUT2D eigenvalue weighted by Crippen LogP contribution is 2.29. The number of hydrogen-bond acceptors (Lipinski definition) is 1. The van der Waals surface area contributed by atoms with Gasteiger partial charge in [0.15, 0.2) is 0 Å². The number of benzene rings is 1. The molecule has 0 spiro atoms. The minimum atomic E-state index is -4.19. The molecule has 0 heterocycles. The SMILES string of the molecule is CCN(CC(F)(F)F)c1ccc(Br)cc1CBr. The Bertz CT molecular complexity index is 379. The van der Waals surface area contributed by atoms with E-state index in [-0.39, 0.29) is 0 Å². The molecule has 1 rings (SSSR count). The standard InChI is InChI=1S/C11H12Br2F3N/c1-2-17(7-11(14,15)16)10-4-3-9(13)5-8(10)6-12/h3-5H,2,6-7H2,1H3. The van der Waals surface area contributed by atoms with E-state index in [0.29, 0.717) is 17.6 Å². The zero-order valence-electron chi connectivity index (χ0n) is 9.19. The average molecular weight is 375 g/mol. The van der Waals surface area contributed by atoms with Crippen LogP contribution in [0.3, 0.4) is 0 Å². The van der Waals surface area contributed by atoms with E-state index in [1.165, 1.54) is 4.90 Å². The minimum absolute atomic E-state index is 0.321. The highest BCUT2D eigenvalue weighted by atomic mass is 79.9. The summed E-state index contributed by atoms with van der Waals surface area (Å²) in [6, 6.07) is 5.28. The molecular weight excluding hydrogens is 363 g/mol. The van der Waals surface area contributed by atoms with Gasteiger partial charge in [0.1, 0.15) is 6.54 Å². The van der Waals surface area contributed by atoms with Gasteiger partial charge in [0.05, 0.1) is 0 Å². The molecule has 17 heavy (non-hydrogen) atoms. The molecule has 6 heteroatoms. The van der Waals surface area contributed by atoms with Crippen molar-refractivity contribution in [1.29, 1.82) is 0 Å². The highest BCUT2D eigenvalue weighted by Gasteiger charge is 2.30. The quantitative estimate of drug-likeness (QED) is 0.688. The van der Waals surface area contributed by atoms with Gasteiger partial charge in [-0.25, -0.2) is 0 Å². The smallest absolute Gasteiger partial charge is 0.363 e. The summed E-state index contributed by atoms with van der Waals surface area (Å²) < 4.78 is 38.2. The van der Waals surface area contributed by atoms with Crippen molar-refractivity contribution < 1.29 is 13.2 Å². The fourth-order valence-electron chi connectivity index (χ4n) is 1.55. The van der Waals surface area contributed by atoms with Crippen LogP contribution in [0.25, 0.3) is 0 Å². The third-order valence-corrected chi connectivity index (χ3v) is 3.38. The Morgan fingerprint density at radius 1 is 1.29 bits per heavy atom. The Kier molecular flexibility index (Phi) is 5.31. The fourth-order valence-corrected chi connectivity index (χ4v) is 2.41. The van der Waals surface area contributed by atoms with Crippen LogP contribution in [0.1, 0.15) is 12.5 Å². The number of halogens is 5. The van der Waals surface area contributed by atoms with Crippen molar-refractivity contribution in [2.24, 2.45) is 0 Å². The Hall–Kier alpha value is -0.230. The van der Waals surface area contributed by atoms with Crippen LogP contribution >= 0.6 is 31.9 Å². The van der Waals surface area contributed by atoms with Crippen molar-refractivity contribution in [3.8, 4) is 0 Å². The van der Waals surface area contributed by atoms with E-state index in [0.717, 1.165) is 10.0 Å². The molecule has 1 nitrogen and oxygen atoms in total. The molecule has 0 aliphatic heterocycles. The molecular formula is C11H12Br2F3N. The fraction of sp³-hybridized carbons (Fsp3) is 0.455. The number of alkyl halides is 4. The van der Waals surface area contributed by atoms with E-state index in [9.17, 15) is 13.2 Å². The molecule has 0 unspecified atom stereocenters. The van der Waals surface area contributed by atoms with Crippen LogP contribution in [0.15, 0.2) is 22.7 Å². The topological polar surface area (TPSA) is 3.24 Å². The van der Waals surface area contributed by atoms with Crippen LogP contribution in [0.2, 0.25) is 0 Å². The maximum absolute atomic E-state index is 12.4. The average Bonchev–Trinajstić information content (AvgIpc) is 2.24. The third-order valence-electron chi connectivity index (χ3n) is 2.28. The molecule has 0 aromatic heterocycles. The summed E-state index contributed by atoms with van der Waals surface area (Å²) in [5.41, 5.74) is 1.45. The first-order chi connectivity index (χ1) is 7.87. The molecule has 0 aliphatic rings. The predicted octanol–water partition coefficient (Wildman–Crippen LogP) is 4.73. The Labute approximate surface area is 115 Å². The van der Waals surface area contributed by atoms with E-state index in [1.54, 1.807) is 19.1 Å². The van der Waals surface area contributed by atoms with Crippen LogP contribution in [0, 0.1) is 0 Å². The summed E-state index contributed by atoms with van der Waals surface area (Å²) in [5.74, 6) is 0. The summed E-state index contributed by atoms with van der Waals surface area (Å²) >= 11 is 6.60. The van der Waals surface area contributed by atoms with Gasteiger partial charge in [0, 0.05) is 22.0 Å². The van der Waals surface area contributed by atoms with Crippen LogP contribution in [0.5, 0.6) is 0 Å². The number of anilines is 1. The van der Waals surface area contributed by atoms with Crippen molar-refractivity contribution >= 4 is 37.5 Å². The molecule has 0 saturated carbocycles. The van der Waals surface area contributed by atoms with Crippen LogP contribution in [0.4, 0.5) is 18.9 Å².